The molecule has 1 aliphatic rings. The minimum atomic E-state index is -0.310. The maximum atomic E-state index is 12.1. The molecule has 0 radical (unpaired) electrons. The van der Waals surface area contributed by atoms with Crippen molar-refractivity contribution in [1.82, 2.24) is 5.43 Å². The summed E-state index contributed by atoms with van der Waals surface area (Å²) in [5.41, 5.74) is 2.96. The molecule has 2 heterocycles. The summed E-state index contributed by atoms with van der Waals surface area (Å²) in [7, 11) is 1.56. The number of carbonyl (C=O) groups excluding carboxylic acids is 1. The van der Waals surface area contributed by atoms with E-state index in [9.17, 15) is 4.79 Å². The molecule has 1 aromatic heterocycles. The van der Waals surface area contributed by atoms with Gasteiger partial charge >= 0.3 is 0 Å². The molecule has 1 aliphatic heterocycles. The minimum absolute atomic E-state index is 0.310. The van der Waals surface area contributed by atoms with Crippen molar-refractivity contribution >= 4 is 33.9 Å². The van der Waals surface area contributed by atoms with Crippen LogP contribution in [0.25, 0.3) is 0 Å². The van der Waals surface area contributed by atoms with Crippen molar-refractivity contribution in [1.29, 1.82) is 0 Å². The number of hydrogen-bond donors (Lipinski definition) is 1. The van der Waals surface area contributed by atoms with Crippen LogP contribution in [0.15, 0.2) is 44.3 Å². The van der Waals surface area contributed by atoms with Crippen LogP contribution >= 0.6 is 15.9 Å². The molecule has 3 rings (SSSR count). The zero-order chi connectivity index (χ0) is 16.9. The van der Waals surface area contributed by atoms with Gasteiger partial charge in [0.05, 0.1) is 17.8 Å². The van der Waals surface area contributed by atoms with E-state index >= 15 is 0 Å². The Bertz CT molecular complexity index is 751. The van der Waals surface area contributed by atoms with Crippen molar-refractivity contribution in [2.75, 3.05) is 25.1 Å². The number of hydrogen-bond acceptors (Lipinski definition) is 5. The van der Waals surface area contributed by atoms with Gasteiger partial charge in [-0.05, 0) is 47.0 Å². The third-order valence-electron chi connectivity index (χ3n) is 3.77. The zero-order valence-corrected chi connectivity index (χ0v) is 14.9. The number of ether oxygens (including phenoxy) is 1. The van der Waals surface area contributed by atoms with E-state index in [-0.39, 0.29) is 5.91 Å². The van der Waals surface area contributed by atoms with Crippen LogP contribution < -0.4 is 15.1 Å². The highest BCUT2D eigenvalue weighted by Crippen LogP contribution is 2.31. The topological polar surface area (TPSA) is 67.1 Å². The second-order valence-electron chi connectivity index (χ2n) is 5.43. The average molecular weight is 392 g/mol. The number of carbonyl (C=O) groups is 1. The quantitative estimate of drug-likeness (QED) is 0.626. The second-order valence-corrected chi connectivity index (χ2v) is 6.28. The first-order valence-electron chi connectivity index (χ1n) is 7.69. The fourth-order valence-electron chi connectivity index (χ4n) is 2.56. The molecular formula is C17H18BrN3O3. The first-order valence-corrected chi connectivity index (χ1v) is 8.48. The van der Waals surface area contributed by atoms with Crippen molar-refractivity contribution in [2.24, 2.45) is 5.10 Å². The smallest absolute Gasteiger partial charge is 0.271 e. The maximum Gasteiger partial charge on any atom is 0.271 e. The van der Waals surface area contributed by atoms with Gasteiger partial charge < -0.3 is 14.1 Å². The van der Waals surface area contributed by atoms with Gasteiger partial charge in [-0.3, -0.25) is 4.79 Å². The van der Waals surface area contributed by atoms with Crippen molar-refractivity contribution < 1.29 is 13.9 Å². The van der Waals surface area contributed by atoms with Gasteiger partial charge in [-0.2, -0.15) is 5.10 Å². The van der Waals surface area contributed by atoms with Gasteiger partial charge in [-0.15, -0.1) is 0 Å². The molecule has 1 saturated heterocycles. The highest BCUT2D eigenvalue weighted by atomic mass is 79.9. The highest BCUT2D eigenvalue weighted by Gasteiger charge is 2.19. The number of halogens is 1. The number of amides is 1. The lowest BCUT2D eigenvalue weighted by molar-refractivity contribution is 0.0955. The number of furan rings is 1. The molecule has 0 spiro atoms. The predicted molar refractivity (Wildman–Crippen MR) is 95.9 cm³/mol. The Morgan fingerprint density at radius 3 is 2.92 bits per heavy atom. The Balaban J connectivity index is 1.63. The minimum Gasteiger partial charge on any atom is -0.497 e. The summed E-state index contributed by atoms with van der Waals surface area (Å²) in [5.74, 6) is 1.70. The fourth-order valence-corrected chi connectivity index (χ4v) is 3.12. The van der Waals surface area contributed by atoms with Crippen LogP contribution in [0.2, 0.25) is 0 Å². The number of methoxy groups -OCH3 is 1. The van der Waals surface area contributed by atoms with E-state index in [2.05, 4.69) is 31.4 Å². The number of nitrogens with zero attached hydrogens (tertiary/aromatic N) is 2. The van der Waals surface area contributed by atoms with Gasteiger partial charge in [0.1, 0.15) is 5.75 Å². The van der Waals surface area contributed by atoms with Crippen molar-refractivity contribution in [2.45, 2.75) is 12.8 Å². The van der Waals surface area contributed by atoms with Crippen LogP contribution in [-0.4, -0.2) is 32.3 Å². The fraction of sp³-hybridized carbons (Fsp3) is 0.294. The van der Waals surface area contributed by atoms with Crippen LogP contribution in [0.4, 0.5) is 5.88 Å². The molecule has 2 aromatic rings. The van der Waals surface area contributed by atoms with Gasteiger partial charge in [0.25, 0.3) is 5.91 Å². The molecule has 24 heavy (non-hydrogen) atoms. The van der Waals surface area contributed by atoms with E-state index in [0.717, 1.165) is 23.4 Å². The predicted octanol–water partition coefficient (Wildman–Crippen LogP) is 3.41. The molecule has 0 atom stereocenters. The monoisotopic (exact) mass is 391 g/mol. The van der Waals surface area contributed by atoms with Gasteiger partial charge in [-0.1, -0.05) is 6.07 Å². The molecule has 7 heteroatoms. The van der Waals surface area contributed by atoms with E-state index in [1.807, 2.05) is 6.07 Å². The number of anilines is 1. The first kappa shape index (κ1) is 16.6. The summed E-state index contributed by atoms with van der Waals surface area (Å²) in [6.07, 6.45) is 3.84. The van der Waals surface area contributed by atoms with Gasteiger partial charge in [0.15, 0.2) is 5.76 Å². The van der Waals surface area contributed by atoms with E-state index in [0.29, 0.717) is 17.1 Å². The van der Waals surface area contributed by atoms with E-state index < -0.39 is 0 Å². The number of rotatable bonds is 5. The normalized spacial score (nSPS) is 14.3. The molecule has 0 saturated carbocycles. The molecule has 1 N–H and O–H groups in total. The lowest BCUT2D eigenvalue weighted by atomic mass is 10.2. The molecule has 1 fully saturated rings. The molecule has 0 unspecified atom stereocenters. The van der Waals surface area contributed by atoms with Crippen molar-refractivity contribution in [3.63, 3.8) is 0 Å². The summed E-state index contributed by atoms with van der Waals surface area (Å²) in [4.78, 5) is 14.2. The SMILES string of the molecule is COc1cccc(C(=O)N/N=C\c2cc(Br)c(N3CCCC3)o2)c1. The van der Waals surface area contributed by atoms with Gasteiger partial charge in [0.2, 0.25) is 5.88 Å². The van der Waals surface area contributed by atoms with Crippen LogP contribution in [-0.2, 0) is 0 Å². The summed E-state index contributed by atoms with van der Waals surface area (Å²) < 4.78 is 11.8. The summed E-state index contributed by atoms with van der Waals surface area (Å²) in [5, 5.41) is 3.96. The van der Waals surface area contributed by atoms with Crippen molar-refractivity contribution in [3.05, 3.63) is 46.1 Å². The molecule has 1 aromatic carbocycles. The maximum absolute atomic E-state index is 12.1. The van der Waals surface area contributed by atoms with E-state index in [1.165, 1.54) is 19.1 Å². The van der Waals surface area contributed by atoms with Gasteiger partial charge in [-0.25, -0.2) is 5.43 Å². The Labute approximate surface area is 148 Å². The summed E-state index contributed by atoms with van der Waals surface area (Å²) in [6, 6.07) is 8.72. The average Bonchev–Trinajstić information content (AvgIpc) is 3.24. The third-order valence-corrected chi connectivity index (χ3v) is 4.34. The lowest BCUT2D eigenvalue weighted by Crippen LogP contribution is -2.17. The molecule has 0 bridgehead atoms. The number of hydrazone groups is 1. The van der Waals surface area contributed by atoms with Gasteiger partial charge in [0, 0.05) is 24.7 Å². The molecule has 6 nitrogen and oxygen atoms in total. The number of benzene rings is 1. The van der Waals surface area contributed by atoms with Crippen LogP contribution in [0.1, 0.15) is 29.0 Å². The molecule has 1 amide bonds. The summed E-state index contributed by atoms with van der Waals surface area (Å²) in [6.45, 7) is 1.99. The first-order chi connectivity index (χ1) is 11.7. The molecule has 0 aliphatic carbocycles. The van der Waals surface area contributed by atoms with E-state index in [1.54, 1.807) is 31.4 Å². The zero-order valence-electron chi connectivity index (χ0n) is 13.3. The Kier molecular flexibility index (Phi) is 5.20. The largest absolute Gasteiger partial charge is 0.497 e. The van der Waals surface area contributed by atoms with Crippen LogP contribution in [0.3, 0.4) is 0 Å². The van der Waals surface area contributed by atoms with Crippen LogP contribution in [0.5, 0.6) is 5.75 Å². The van der Waals surface area contributed by atoms with Crippen LogP contribution in [0, 0.1) is 0 Å². The molecule has 126 valence electrons. The molecular weight excluding hydrogens is 374 g/mol. The third kappa shape index (κ3) is 3.79. The lowest BCUT2D eigenvalue weighted by Gasteiger charge is -2.13. The van der Waals surface area contributed by atoms with Crippen molar-refractivity contribution in [3.8, 4) is 5.75 Å². The van der Waals surface area contributed by atoms with E-state index in [4.69, 9.17) is 9.15 Å². The Morgan fingerprint density at radius 2 is 2.17 bits per heavy atom. The second kappa shape index (κ2) is 7.53. The Morgan fingerprint density at radius 1 is 1.38 bits per heavy atom. The highest BCUT2D eigenvalue weighted by molar-refractivity contribution is 9.10. The summed E-state index contributed by atoms with van der Waals surface area (Å²) >= 11 is 3.50. The number of nitrogens with one attached hydrogen (secondary N) is 1. The Hall–Kier alpha value is -2.28. The standard InChI is InChI=1S/C17H18BrN3O3/c1-23-13-6-4-5-12(9-13)16(22)20-19-11-14-10-15(18)17(24-14)21-7-2-3-8-21/h4-6,9-11H,2-3,7-8H2,1H3,(H,20,22)/b19-11-.